The maximum atomic E-state index is 13.6. The molecule has 1 aromatic rings. The van der Waals surface area contributed by atoms with Crippen LogP contribution in [0, 0.1) is 5.82 Å². The molecule has 1 fully saturated rings. The van der Waals surface area contributed by atoms with Crippen molar-refractivity contribution >= 4 is 29.9 Å². The molecule has 1 saturated carbocycles. The normalized spacial score (nSPS) is 16.3. The summed E-state index contributed by atoms with van der Waals surface area (Å²) in [7, 11) is 3.94. The van der Waals surface area contributed by atoms with Crippen molar-refractivity contribution < 1.29 is 9.13 Å². The summed E-state index contributed by atoms with van der Waals surface area (Å²) in [4.78, 5) is 6.65. The number of aliphatic imine (C=N–C) groups is 1. The van der Waals surface area contributed by atoms with Crippen LogP contribution < -0.4 is 15.4 Å². The van der Waals surface area contributed by atoms with Crippen molar-refractivity contribution in [2.24, 2.45) is 4.99 Å². The van der Waals surface area contributed by atoms with E-state index in [0.29, 0.717) is 6.54 Å². The topological polar surface area (TPSA) is 48.9 Å². The van der Waals surface area contributed by atoms with Crippen LogP contribution in [0.5, 0.6) is 5.75 Å². The predicted molar refractivity (Wildman–Crippen MR) is 116 cm³/mol. The molecule has 0 spiro atoms. The maximum Gasteiger partial charge on any atom is 0.191 e. The lowest BCUT2D eigenvalue weighted by Crippen LogP contribution is -2.45. The number of para-hydroxylation sites is 1. The minimum atomic E-state index is -0.341. The minimum Gasteiger partial charge on any atom is -0.486 e. The molecule has 148 valence electrons. The zero-order chi connectivity index (χ0) is 18.1. The van der Waals surface area contributed by atoms with Crippen LogP contribution in [0.4, 0.5) is 4.39 Å². The van der Waals surface area contributed by atoms with E-state index < -0.39 is 0 Å². The summed E-state index contributed by atoms with van der Waals surface area (Å²) >= 11 is 0. The van der Waals surface area contributed by atoms with Crippen molar-refractivity contribution in [3.63, 3.8) is 0 Å². The van der Waals surface area contributed by atoms with Crippen LogP contribution in [-0.2, 0) is 0 Å². The highest BCUT2D eigenvalue weighted by Gasteiger charge is 2.18. The molecule has 7 heteroatoms. The fourth-order valence-corrected chi connectivity index (χ4v) is 3.14. The molecule has 1 atom stereocenters. The molecule has 1 aromatic carbocycles. The second kappa shape index (κ2) is 12.3. The average Bonchev–Trinajstić information content (AvgIpc) is 3.14. The number of likely N-dealkylation sites (N-methyl/N-ethyl adjacent to an activating group) is 1. The lowest BCUT2D eigenvalue weighted by Gasteiger charge is -2.24. The third kappa shape index (κ3) is 7.65. The van der Waals surface area contributed by atoms with Gasteiger partial charge in [-0.05, 0) is 38.9 Å². The van der Waals surface area contributed by atoms with Gasteiger partial charge in [-0.3, -0.25) is 4.99 Å². The highest BCUT2D eigenvalue weighted by atomic mass is 127. The monoisotopic (exact) mass is 478 g/mol. The van der Waals surface area contributed by atoms with Crippen LogP contribution in [0.3, 0.4) is 0 Å². The van der Waals surface area contributed by atoms with Gasteiger partial charge in [0.25, 0.3) is 0 Å². The van der Waals surface area contributed by atoms with E-state index in [4.69, 9.17) is 4.74 Å². The van der Waals surface area contributed by atoms with Gasteiger partial charge < -0.3 is 20.3 Å². The van der Waals surface area contributed by atoms with Crippen molar-refractivity contribution in [2.45, 2.75) is 44.8 Å². The Morgan fingerprint density at radius 1 is 1.31 bits per heavy atom. The molecule has 0 aromatic heterocycles. The van der Waals surface area contributed by atoms with Crippen molar-refractivity contribution in [2.75, 3.05) is 33.7 Å². The molecule has 1 aliphatic rings. The standard InChI is InChI=1S/C19H31FN4O.HI/c1-15(25-18-11-7-6-10-17(18)20)14-23-19(21-2)22-12-13-24(3)16-8-4-5-9-16;/h6-7,10-11,15-16H,4-5,8-9,12-14H2,1-3H3,(H2,21,22,23);1H. The molecular weight excluding hydrogens is 446 g/mol. The van der Waals surface area contributed by atoms with E-state index in [9.17, 15) is 4.39 Å². The number of hydrogen-bond acceptors (Lipinski definition) is 3. The van der Waals surface area contributed by atoms with E-state index >= 15 is 0 Å². The van der Waals surface area contributed by atoms with Gasteiger partial charge in [0.15, 0.2) is 17.5 Å². The van der Waals surface area contributed by atoms with Crippen molar-refractivity contribution in [3.8, 4) is 5.75 Å². The number of ether oxygens (including phenoxy) is 1. The zero-order valence-electron chi connectivity index (χ0n) is 16.0. The van der Waals surface area contributed by atoms with E-state index in [-0.39, 0.29) is 41.6 Å². The first-order chi connectivity index (χ1) is 12.1. The summed E-state index contributed by atoms with van der Waals surface area (Å²) in [5, 5.41) is 6.55. The van der Waals surface area contributed by atoms with E-state index in [1.165, 1.54) is 31.7 Å². The first-order valence-corrected chi connectivity index (χ1v) is 9.16. The van der Waals surface area contributed by atoms with Gasteiger partial charge in [0.2, 0.25) is 0 Å². The van der Waals surface area contributed by atoms with Crippen LogP contribution in [0.15, 0.2) is 29.3 Å². The zero-order valence-corrected chi connectivity index (χ0v) is 18.3. The number of nitrogens with one attached hydrogen (secondary N) is 2. The number of benzene rings is 1. The Kier molecular flexibility index (Phi) is 10.9. The van der Waals surface area contributed by atoms with E-state index in [0.717, 1.165) is 25.1 Å². The fourth-order valence-electron chi connectivity index (χ4n) is 3.14. The second-order valence-corrected chi connectivity index (χ2v) is 6.66. The highest BCUT2D eigenvalue weighted by molar-refractivity contribution is 14.0. The smallest absolute Gasteiger partial charge is 0.191 e. The Morgan fingerprint density at radius 3 is 2.65 bits per heavy atom. The van der Waals surface area contributed by atoms with Crippen LogP contribution in [0.2, 0.25) is 0 Å². The first-order valence-electron chi connectivity index (χ1n) is 9.16. The second-order valence-electron chi connectivity index (χ2n) is 6.66. The van der Waals surface area contributed by atoms with E-state index in [1.807, 2.05) is 6.92 Å². The van der Waals surface area contributed by atoms with Gasteiger partial charge in [0.05, 0.1) is 6.54 Å². The number of hydrogen-bond donors (Lipinski definition) is 2. The lowest BCUT2D eigenvalue weighted by molar-refractivity contribution is 0.213. The predicted octanol–water partition coefficient (Wildman–Crippen LogP) is 3.25. The molecule has 0 heterocycles. The number of rotatable bonds is 8. The minimum absolute atomic E-state index is 0. The molecule has 5 nitrogen and oxygen atoms in total. The summed E-state index contributed by atoms with van der Waals surface area (Å²) in [5.41, 5.74) is 0. The summed E-state index contributed by atoms with van der Waals surface area (Å²) in [5.74, 6) is 0.675. The van der Waals surface area contributed by atoms with Gasteiger partial charge >= 0.3 is 0 Å². The first kappa shape index (κ1) is 23.0. The van der Waals surface area contributed by atoms with Crippen LogP contribution in [0.1, 0.15) is 32.6 Å². The molecule has 2 N–H and O–H groups in total. The Hall–Kier alpha value is -1.09. The lowest BCUT2D eigenvalue weighted by atomic mass is 10.2. The molecule has 1 aliphatic carbocycles. The molecule has 0 bridgehead atoms. The molecule has 0 aliphatic heterocycles. The van der Waals surface area contributed by atoms with E-state index in [2.05, 4.69) is 27.6 Å². The summed E-state index contributed by atoms with van der Waals surface area (Å²) in [6.45, 7) is 4.29. The van der Waals surface area contributed by atoms with E-state index in [1.54, 1.807) is 25.2 Å². The number of guanidine groups is 1. The van der Waals surface area contributed by atoms with Crippen LogP contribution in [-0.4, -0.2) is 56.7 Å². The largest absolute Gasteiger partial charge is 0.486 e. The van der Waals surface area contributed by atoms with Gasteiger partial charge in [0, 0.05) is 26.2 Å². The van der Waals surface area contributed by atoms with Crippen molar-refractivity contribution in [3.05, 3.63) is 30.1 Å². The quantitative estimate of drug-likeness (QED) is 0.342. The molecule has 0 radical (unpaired) electrons. The molecule has 0 amide bonds. The maximum absolute atomic E-state index is 13.6. The van der Waals surface area contributed by atoms with Gasteiger partial charge in [-0.25, -0.2) is 4.39 Å². The third-order valence-corrected chi connectivity index (χ3v) is 4.65. The van der Waals surface area contributed by atoms with Crippen molar-refractivity contribution in [1.82, 2.24) is 15.5 Å². The molecule has 26 heavy (non-hydrogen) atoms. The average molecular weight is 478 g/mol. The Bertz CT molecular complexity index is 552. The molecule has 0 saturated heterocycles. The number of nitrogens with zero attached hydrogens (tertiary/aromatic N) is 2. The Labute approximate surface area is 173 Å². The SMILES string of the molecule is CN=C(NCCN(C)C1CCCC1)NCC(C)Oc1ccccc1F.I. The van der Waals surface area contributed by atoms with Crippen LogP contribution in [0.25, 0.3) is 0 Å². The summed E-state index contributed by atoms with van der Waals surface area (Å²) in [6, 6.07) is 7.18. The Balaban J connectivity index is 0.00000338. The van der Waals surface area contributed by atoms with Crippen molar-refractivity contribution in [1.29, 1.82) is 0 Å². The summed E-state index contributed by atoms with van der Waals surface area (Å²) in [6.07, 6.45) is 5.16. The fraction of sp³-hybridized carbons (Fsp3) is 0.632. The van der Waals surface area contributed by atoms with Gasteiger partial charge in [-0.1, -0.05) is 25.0 Å². The van der Waals surface area contributed by atoms with Gasteiger partial charge in [0.1, 0.15) is 6.10 Å². The number of halogens is 2. The van der Waals surface area contributed by atoms with Crippen LogP contribution >= 0.6 is 24.0 Å². The highest BCUT2D eigenvalue weighted by Crippen LogP contribution is 2.21. The third-order valence-electron chi connectivity index (χ3n) is 4.65. The summed E-state index contributed by atoms with van der Waals surface area (Å²) < 4.78 is 19.2. The molecular formula is C19H32FIN4O. The van der Waals surface area contributed by atoms with Gasteiger partial charge in [-0.2, -0.15) is 0 Å². The van der Waals surface area contributed by atoms with Gasteiger partial charge in [-0.15, -0.1) is 24.0 Å². The molecule has 1 unspecified atom stereocenters. The Morgan fingerprint density at radius 2 is 2.00 bits per heavy atom. The molecule has 2 rings (SSSR count).